The van der Waals surface area contributed by atoms with Crippen molar-refractivity contribution in [1.29, 1.82) is 0 Å². The third-order valence-electron chi connectivity index (χ3n) is 2.31. The van der Waals surface area contributed by atoms with Crippen molar-refractivity contribution in [2.75, 3.05) is 16.9 Å². The number of carbonyl (C=O) groups excluding carboxylic acids is 1. The summed E-state index contributed by atoms with van der Waals surface area (Å²) in [5.41, 5.74) is 0.591. The van der Waals surface area contributed by atoms with Crippen LogP contribution in [0.4, 0.5) is 18.9 Å². The van der Waals surface area contributed by atoms with Gasteiger partial charge in [-0.15, -0.1) is 10.2 Å². The Morgan fingerprint density at radius 3 is 2.52 bits per heavy atom. The van der Waals surface area contributed by atoms with Crippen molar-refractivity contribution in [1.82, 2.24) is 14.9 Å². The number of benzene rings is 1. The number of amides is 1. The fourth-order valence-electron chi connectivity index (χ4n) is 1.42. The summed E-state index contributed by atoms with van der Waals surface area (Å²) in [5, 5.41) is 8.67. The van der Waals surface area contributed by atoms with Gasteiger partial charge in [0.1, 0.15) is 0 Å². The molecular formula is C11H10F3N5OS. The van der Waals surface area contributed by atoms with Crippen LogP contribution in [0, 0.1) is 0 Å². The molecule has 1 aromatic heterocycles. The average molecular weight is 317 g/mol. The third kappa shape index (κ3) is 3.88. The lowest BCUT2D eigenvalue weighted by Crippen LogP contribution is -2.22. The van der Waals surface area contributed by atoms with Crippen LogP contribution in [-0.2, 0) is 11.0 Å². The zero-order chi connectivity index (χ0) is 15.5. The molecule has 1 amide bonds. The highest BCUT2D eigenvalue weighted by atomic mass is 32.2. The van der Waals surface area contributed by atoms with Crippen LogP contribution >= 0.6 is 11.8 Å². The van der Waals surface area contributed by atoms with Gasteiger partial charge in [0.2, 0.25) is 11.1 Å². The van der Waals surface area contributed by atoms with Gasteiger partial charge in [-0.2, -0.15) is 13.2 Å². The number of nitrogens with two attached hydrogens (primary N) is 1. The van der Waals surface area contributed by atoms with E-state index in [4.69, 9.17) is 5.84 Å². The topological polar surface area (TPSA) is 85.8 Å². The summed E-state index contributed by atoms with van der Waals surface area (Å²) in [4.78, 5) is 11.6. The second kappa shape index (κ2) is 6.04. The van der Waals surface area contributed by atoms with Gasteiger partial charge in [0.25, 0.3) is 5.82 Å². The maximum absolute atomic E-state index is 12.5. The van der Waals surface area contributed by atoms with Crippen molar-refractivity contribution in [3.05, 3.63) is 36.2 Å². The maximum atomic E-state index is 12.5. The highest BCUT2D eigenvalue weighted by Crippen LogP contribution is 2.28. The molecule has 0 spiro atoms. The highest BCUT2D eigenvalue weighted by molar-refractivity contribution is 7.99. The number of hydrogen-bond acceptors (Lipinski definition) is 5. The Balaban J connectivity index is 1.95. The molecule has 0 atom stereocenters. The molecule has 0 bridgehead atoms. The van der Waals surface area contributed by atoms with Crippen LogP contribution in [0.15, 0.2) is 35.5 Å². The minimum Gasteiger partial charge on any atom is -0.335 e. The predicted molar refractivity (Wildman–Crippen MR) is 71.0 cm³/mol. The quantitative estimate of drug-likeness (QED) is 0.663. The summed E-state index contributed by atoms with van der Waals surface area (Å²) < 4.78 is 37.7. The molecule has 3 N–H and O–H groups in total. The fourth-order valence-corrected chi connectivity index (χ4v) is 2.07. The number of nitrogens with zero attached hydrogens (tertiary/aromatic N) is 3. The molecule has 0 aliphatic carbocycles. The Bertz CT molecular complexity index is 629. The summed E-state index contributed by atoms with van der Waals surface area (Å²) >= 11 is 0.764. The molecule has 21 heavy (non-hydrogen) atoms. The van der Waals surface area contributed by atoms with E-state index < -0.39 is 12.0 Å². The van der Waals surface area contributed by atoms with Crippen molar-refractivity contribution >= 4 is 23.4 Å². The molecule has 6 nitrogen and oxygen atoms in total. The number of nitrogens with one attached hydrogen (secondary N) is 1. The van der Waals surface area contributed by atoms with Crippen molar-refractivity contribution in [3.63, 3.8) is 0 Å². The molecule has 0 aliphatic rings. The van der Waals surface area contributed by atoms with E-state index in [1.165, 1.54) is 0 Å². The van der Waals surface area contributed by atoms with Gasteiger partial charge in [-0.3, -0.25) is 4.79 Å². The first-order chi connectivity index (χ1) is 9.88. The van der Waals surface area contributed by atoms with Crippen LogP contribution in [0.25, 0.3) is 0 Å². The van der Waals surface area contributed by atoms with Crippen LogP contribution in [-0.4, -0.2) is 26.5 Å². The van der Waals surface area contributed by atoms with Crippen LogP contribution in [0.5, 0.6) is 0 Å². The standard InChI is InChI=1S/C11H10F3N5OS/c12-11(13,14)9-17-18-10(19(9)15)21-6-8(20)16-7-4-2-1-3-5-7/h1-5H,6,15H2,(H,16,20). The molecule has 2 rings (SSSR count). The van der Waals surface area contributed by atoms with Gasteiger partial charge in [-0.1, -0.05) is 30.0 Å². The van der Waals surface area contributed by atoms with Gasteiger partial charge < -0.3 is 11.2 Å². The van der Waals surface area contributed by atoms with E-state index >= 15 is 0 Å². The summed E-state index contributed by atoms with van der Waals surface area (Å²) in [6.07, 6.45) is -4.69. The first-order valence-electron chi connectivity index (χ1n) is 5.63. The van der Waals surface area contributed by atoms with Gasteiger partial charge >= 0.3 is 6.18 Å². The zero-order valence-corrected chi connectivity index (χ0v) is 11.3. The first-order valence-corrected chi connectivity index (χ1v) is 6.62. The number of nitrogen functional groups attached to an aromatic ring is 1. The summed E-state index contributed by atoms with van der Waals surface area (Å²) in [6, 6.07) is 8.66. The van der Waals surface area contributed by atoms with Gasteiger partial charge in [-0.25, -0.2) is 4.68 Å². The second-order valence-corrected chi connectivity index (χ2v) is 4.82. The van der Waals surface area contributed by atoms with Crippen LogP contribution in [0.1, 0.15) is 5.82 Å². The Kier molecular flexibility index (Phi) is 4.36. The molecule has 10 heteroatoms. The number of halogens is 3. The Morgan fingerprint density at radius 1 is 1.29 bits per heavy atom. The largest absolute Gasteiger partial charge is 0.453 e. The molecule has 0 aliphatic heterocycles. The Morgan fingerprint density at radius 2 is 1.95 bits per heavy atom. The minimum absolute atomic E-state index is 0.137. The summed E-state index contributed by atoms with van der Waals surface area (Å²) in [5.74, 6) is 3.41. The van der Waals surface area contributed by atoms with E-state index in [9.17, 15) is 18.0 Å². The van der Waals surface area contributed by atoms with E-state index in [0.717, 1.165) is 11.8 Å². The van der Waals surface area contributed by atoms with Crippen molar-refractivity contribution in [3.8, 4) is 0 Å². The van der Waals surface area contributed by atoms with Gasteiger partial charge in [0.15, 0.2) is 0 Å². The van der Waals surface area contributed by atoms with Crippen molar-refractivity contribution in [2.24, 2.45) is 0 Å². The smallest absolute Gasteiger partial charge is 0.335 e. The summed E-state index contributed by atoms with van der Waals surface area (Å²) in [7, 11) is 0. The number of anilines is 1. The first kappa shape index (κ1) is 15.2. The van der Waals surface area contributed by atoms with Crippen LogP contribution in [0.3, 0.4) is 0 Å². The van der Waals surface area contributed by atoms with Gasteiger partial charge in [-0.05, 0) is 12.1 Å². The SMILES string of the molecule is Nn1c(SCC(=O)Nc2ccccc2)nnc1C(F)(F)F. The molecule has 0 radical (unpaired) electrons. The van der Waals surface area contributed by atoms with Crippen LogP contribution < -0.4 is 11.2 Å². The molecule has 0 saturated heterocycles. The van der Waals surface area contributed by atoms with E-state index in [2.05, 4.69) is 15.5 Å². The average Bonchev–Trinajstić information content (AvgIpc) is 2.79. The molecule has 0 unspecified atom stereocenters. The second-order valence-electron chi connectivity index (χ2n) is 3.88. The highest BCUT2D eigenvalue weighted by Gasteiger charge is 2.38. The molecule has 0 saturated carbocycles. The molecule has 2 aromatic rings. The number of thioether (sulfide) groups is 1. The summed E-state index contributed by atoms with van der Waals surface area (Å²) in [6.45, 7) is 0. The fraction of sp³-hybridized carbons (Fsp3) is 0.182. The molecule has 1 heterocycles. The predicted octanol–water partition coefficient (Wildman–Crippen LogP) is 1.74. The molecule has 1 aromatic carbocycles. The van der Waals surface area contributed by atoms with E-state index in [1.807, 2.05) is 0 Å². The lowest BCUT2D eigenvalue weighted by Gasteiger charge is -2.06. The Hall–Kier alpha value is -2.23. The molecule has 0 fully saturated rings. The van der Waals surface area contributed by atoms with Gasteiger partial charge in [0, 0.05) is 5.69 Å². The number of alkyl halides is 3. The number of para-hydroxylation sites is 1. The number of aromatic nitrogens is 3. The molecular weight excluding hydrogens is 307 g/mol. The third-order valence-corrected chi connectivity index (χ3v) is 3.25. The van der Waals surface area contributed by atoms with Crippen molar-refractivity contribution in [2.45, 2.75) is 11.3 Å². The normalized spacial score (nSPS) is 11.4. The number of hydrogen-bond donors (Lipinski definition) is 2. The number of rotatable bonds is 4. The van der Waals surface area contributed by atoms with E-state index in [-0.39, 0.29) is 16.8 Å². The molecule has 112 valence electrons. The minimum atomic E-state index is -4.69. The zero-order valence-electron chi connectivity index (χ0n) is 10.5. The van der Waals surface area contributed by atoms with Crippen molar-refractivity contribution < 1.29 is 18.0 Å². The monoisotopic (exact) mass is 317 g/mol. The lowest BCUT2D eigenvalue weighted by atomic mass is 10.3. The van der Waals surface area contributed by atoms with Gasteiger partial charge in [0.05, 0.1) is 5.75 Å². The maximum Gasteiger partial charge on any atom is 0.453 e. The van der Waals surface area contributed by atoms with E-state index in [1.54, 1.807) is 30.3 Å². The Labute approximate surface area is 121 Å². The lowest BCUT2D eigenvalue weighted by molar-refractivity contribution is -0.146. The van der Waals surface area contributed by atoms with E-state index in [0.29, 0.717) is 10.4 Å². The van der Waals surface area contributed by atoms with Crippen LogP contribution in [0.2, 0.25) is 0 Å². The number of carbonyl (C=O) groups is 1.